The highest BCUT2D eigenvalue weighted by Gasteiger charge is 2.32. The monoisotopic (exact) mass is 632 g/mol. The number of hydrogen-bond acceptors (Lipinski definition) is 12. The maximum absolute atomic E-state index is 6.28. The standard InChI is InChI=1S/C24H40O5S7/c1(25-5-18-12-31-18)2-30-23(10-28-8-21-15-34-21)24(11-29-9-22-16-35-22)36-17(3-26-6-19-13-32-19)4-27-7-20-14-33-20/h17-24H,1-16H2. The van der Waals surface area contributed by atoms with Gasteiger partial charge in [-0.3, -0.25) is 0 Å². The van der Waals surface area contributed by atoms with E-state index in [9.17, 15) is 0 Å². The summed E-state index contributed by atoms with van der Waals surface area (Å²) in [6.45, 7) is 8.29. The van der Waals surface area contributed by atoms with Crippen LogP contribution in [0.2, 0.25) is 0 Å². The van der Waals surface area contributed by atoms with Gasteiger partial charge in [-0.05, 0) is 0 Å². The SMILES string of the molecule is C(CSC(COCC1CS1)C(COCC1CS1)SC(COCC1CS1)COCC1CS1)OCC1CS1. The van der Waals surface area contributed by atoms with Crippen LogP contribution in [0.5, 0.6) is 0 Å². The van der Waals surface area contributed by atoms with Gasteiger partial charge in [-0.2, -0.15) is 70.6 Å². The van der Waals surface area contributed by atoms with Gasteiger partial charge in [-0.25, -0.2) is 0 Å². The first-order chi connectivity index (χ1) is 17.8. The van der Waals surface area contributed by atoms with Crippen LogP contribution in [0.3, 0.4) is 0 Å². The van der Waals surface area contributed by atoms with Crippen LogP contribution in [0.25, 0.3) is 0 Å². The Morgan fingerprint density at radius 3 is 1.36 bits per heavy atom. The third-order valence-corrected chi connectivity index (χ3v) is 13.7. The minimum Gasteiger partial charge on any atom is -0.379 e. The molecule has 0 saturated carbocycles. The van der Waals surface area contributed by atoms with Gasteiger partial charge in [-0.1, -0.05) is 0 Å². The van der Waals surface area contributed by atoms with E-state index in [4.69, 9.17) is 23.7 Å². The van der Waals surface area contributed by atoms with Gasteiger partial charge < -0.3 is 23.7 Å². The third kappa shape index (κ3) is 13.7. The lowest BCUT2D eigenvalue weighted by atomic mass is 10.3. The van der Waals surface area contributed by atoms with E-state index in [0.29, 0.717) is 36.7 Å². The molecule has 0 radical (unpaired) electrons. The van der Waals surface area contributed by atoms with Crippen LogP contribution in [0, 0.1) is 0 Å². The average molecular weight is 633 g/mol. The molecule has 0 amide bonds. The van der Waals surface area contributed by atoms with Crippen molar-refractivity contribution >= 4 is 82.3 Å². The summed E-state index contributed by atoms with van der Waals surface area (Å²) in [5, 5.41) is 4.63. The van der Waals surface area contributed by atoms with Crippen LogP contribution >= 0.6 is 82.3 Å². The smallest absolute Gasteiger partial charge is 0.0608 e. The molecule has 7 unspecified atom stereocenters. The molecule has 0 spiro atoms. The van der Waals surface area contributed by atoms with E-state index in [0.717, 1.165) is 77.1 Å². The topological polar surface area (TPSA) is 46.2 Å². The lowest BCUT2D eigenvalue weighted by Crippen LogP contribution is -2.35. The van der Waals surface area contributed by atoms with Crippen molar-refractivity contribution < 1.29 is 23.7 Å². The Bertz CT molecular complexity index is 600. The van der Waals surface area contributed by atoms with E-state index in [-0.39, 0.29) is 0 Å². The maximum atomic E-state index is 6.28. The summed E-state index contributed by atoms with van der Waals surface area (Å²) in [5.41, 5.74) is 0. The van der Waals surface area contributed by atoms with Crippen LogP contribution in [0.15, 0.2) is 0 Å². The Morgan fingerprint density at radius 1 is 0.528 bits per heavy atom. The molecular weight excluding hydrogens is 593 g/mol. The molecule has 0 aromatic rings. The minimum atomic E-state index is 0.326. The summed E-state index contributed by atoms with van der Waals surface area (Å²) in [6, 6.07) is 0. The van der Waals surface area contributed by atoms with E-state index in [2.05, 4.69) is 0 Å². The van der Waals surface area contributed by atoms with Crippen LogP contribution in [0.1, 0.15) is 0 Å². The summed E-state index contributed by atoms with van der Waals surface area (Å²) in [7, 11) is 0. The van der Waals surface area contributed by atoms with Gasteiger partial charge in [0.05, 0.1) is 71.3 Å². The van der Waals surface area contributed by atoms with Gasteiger partial charge in [0.15, 0.2) is 0 Å². The van der Waals surface area contributed by atoms with Crippen LogP contribution in [0.4, 0.5) is 0 Å². The fraction of sp³-hybridized carbons (Fsp3) is 1.00. The van der Waals surface area contributed by atoms with Gasteiger partial charge in [0.2, 0.25) is 0 Å². The van der Waals surface area contributed by atoms with Gasteiger partial charge in [0.25, 0.3) is 0 Å². The predicted octanol–water partition coefficient (Wildman–Crippen LogP) is 4.22. The normalized spacial score (nSPS) is 32.2. The molecule has 5 heterocycles. The molecule has 0 aromatic heterocycles. The molecule has 0 aromatic carbocycles. The summed E-state index contributed by atoms with van der Waals surface area (Å²) in [5.74, 6) is 7.27. The second kappa shape index (κ2) is 16.6. The molecule has 0 aliphatic carbocycles. The van der Waals surface area contributed by atoms with Crippen LogP contribution < -0.4 is 0 Å². The predicted molar refractivity (Wildman–Crippen MR) is 167 cm³/mol. The molecule has 5 aliphatic heterocycles. The number of hydrogen-bond donors (Lipinski definition) is 0. The van der Waals surface area contributed by atoms with Crippen LogP contribution in [-0.2, 0) is 23.7 Å². The maximum Gasteiger partial charge on any atom is 0.0608 e. The van der Waals surface area contributed by atoms with Crippen molar-refractivity contribution in [2.24, 2.45) is 0 Å². The van der Waals surface area contributed by atoms with E-state index < -0.39 is 0 Å². The zero-order chi connectivity index (χ0) is 24.4. The molecule has 208 valence electrons. The molecule has 7 atom stereocenters. The van der Waals surface area contributed by atoms with E-state index >= 15 is 0 Å². The van der Waals surface area contributed by atoms with E-state index in [1.54, 1.807) is 0 Å². The second-order valence-electron chi connectivity index (χ2n) is 9.71. The van der Waals surface area contributed by atoms with Crippen molar-refractivity contribution in [1.82, 2.24) is 0 Å². The molecule has 0 bridgehead atoms. The lowest BCUT2D eigenvalue weighted by molar-refractivity contribution is 0.0927. The van der Waals surface area contributed by atoms with Crippen molar-refractivity contribution in [3.8, 4) is 0 Å². The molecular formula is C24H40O5S7. The fourth-order valence-corrected chi connectivity index (χ4v) is 8.29. The molecule has 12 heteroatoms. The van der Waals surface area contributed by atoms with E-state index in [1.165, 1.54) is 28.8 Å². The Labute approximate surface area is 247 Å². The highest BCUT2D eigenvalue weighted by Crippen LogP contribution is 2.35. The number of ether oxygens (including phenoxy) is 5. The molecule has 0 N–H and O–H groups in total. The summed E-state index contributed by atoms with van der Waals surface area (Å²) in [6.07, 6.45) is 0. The molecule has 5 nitrogen and oxygen atoms in total. The fourth-order valence-electron chi connectivity index (χ4n) is 3.46. The molecule has 5 saturated heterocycles. The Hall–Kier alpha value is 2.25. The number of thioether (sulfide) groups is 7. The van der Waals surface area contributed by atoms with Crippen molar-refractivity contribution in [3.05, 3.63) is 0 Å². The largest absolute Gasteiger partial charge is 0.379 e. The third-order valence-electron chi connectivity index (χ3n) is 6.04. The van der Waals surface area contributed by atoms with Gasteiger partial charge in [0.1, 0.15) is 0 Å². The minimum absolute atomic E-state index is 0.326. The van der Waals surface area contributed by atoms with Gasteiger partial charge >= 0.3 is 0 Å². The molecule has 5 aliphatic rings. The summed E-state index contributed by atoms with van der Waals surface area (Å²) >= 11 is 14.0. The van der Waals surface area contributed by atoms with Crippen molar-refractivity contribution in [2.45, 2.75) is 42.0 Å². The summed E-state index contributed by atoms with van der Waals surface area (Å²) in [4.78, 5) is 0. The Morgan fingerprint density at radius 2 is 0.917 bits per heavy atom. The Kier molecular flexibility index (Phi) is 13.7. The van der Waals surface area contributed by atoms with Crippen LogP contribution in [-0.4, -0.2) is 143 Å². The molecule has 5 fully saturated rings. The zero-order valence-electron chi connectivity index (χ0n) is 20.8. The van der Waals surface area contributed by atoms with Crippen molar-refractivity contribution in [3.63, 3.8) is 0 Å². The van der Waals surface area contributed by atoms with Crippen molar-refractivity contribution in [2.75, 3.05) is 101 Å². The first kappa shape index (κ1) is 29.7. The lowest BCUT2D eigenvalue weighted by Gasteiger charge is -2.30. The van der Waals surface area contributed by atoms with Gasteiger partial charge in [0, 0.05) is 71.3 Å². The highest BCUT2D eigenvalue weighted by atomic mass is 32.2. The molecule has 5 rings (SSSR count). The average Bonchev–Trinajstić information content (AvgIpc) is 3.69. The summed E-state index contributed by atoms with van der Waals surface area (Å²) < 4.78 is 30.8. The first-order valence-electron chi connectivity index (χ1n) is 13.1. The van der Waals surface area contributed by atoms with E-state index in [1.807, 2.05) is 82.3 Å². The van der Waals surface area contributed by atoms with Crippen molar-refractivity contribution in [1.29, 1.82) is 0 Å². The van der Waals surface area contributed by atoms with Gasteiger partial charge in [-0.15, -0.1) is 11.8 Å². The highest BCUT2D eigenvalue weighted by molar-refractivity contribution is 8.07. The first-order valence-corrected chi connectivity index (χ1v) is 20.3. The Balaban J connectivity index is 1.13. The quantitative estimate of drug-likeness (QED) is 0.107. The molecule has 36 heavy (non-hydrogen) atoms. The second-order valence-corrected chi connectivity index (χ2v) is 19.3. The number of rotatable bonds is 25. The zero-order valence-corrected chi connectivity index (χ0v) is 26.5.